The average Bonchev–Trinajstić information content (AvgIpc) is 3.14. The molecule has 0 atom stereocenters. The van der Waals surface area contributed by atoms with Crippen molar-refractivity contribution in [2.24, 2.45) is 5.10 Å². The molecule has 29 heavy (non-hydrogen) atoms. The van der Waals surface area contributed by atoms with Crippen molar-refractivity contribution in [3.05, 3.63) is 53.6 Å². The molecule has 0 radical (unpaired) electrons. The Balaban J connectivity index is 1.68. The summed E-state index contributed by atoms with van der Waals surface area (Å²) in [5.74, 6) is -0.0299. The molecule has 3 aromatic rings. The Bertz CT molecular complexity index is 1020. The summed E-state index contributed by atoms with van der Waals surface area (Å²) in [5.41, 5.74) is 6.44. The second-order valence-corrected chi connectivity index (χ2v) is 6.77. The number of hydrazone groups is 1. The quantitative estimate of drug-likeness (QED) is 0.452. The number of aromatic hydroxyl groups is 1. The molecule has 1 aromatic heterocycles. The number of hydrogen-bond acceptors (Lipinski definition) is 6. The molecule has 3 rings (SSSR count). The van der Waals surface area contributed by atoms with E-state index in [4.69, 9.17) is 0 Å². The van der Waals surface area contributed by atoms with Gasteiger partial charge in [-0.1, -0.05) is 31.2 Å². The molecule has 0 saturated heterocycles. The minimum absolute atomic E-state index is 0.0279. The van der Waals surface area contributed by atoms with Crippen molar-refractivity contribution in [1.29, 1.82) is 0 Å². The zero-order chi connectivity index (χ0) is 20.8. The third kappa shape index (κ3) is 4.97. The van der Waals surface area contributed by atoms with Crippen LogP contribution in [0.4, 0.5) is 0 Å². The third-order valence-corrected chi connectivity index (χ3v) is 4.85. The second-order valence-electron chi connectivity index (χ2n) is 6.77. The van der Waals surface area contributed by atoms with Gasteiger partial charge in [0.25, 0.3) is 5.91 Å². The average molecular weight is 394 g/mol. The number of hydrogen-bond donors (Lipinski definition) is 2. The molecule has 152 valence electrons. The van der Waals surface area contributed by atoms with Crippen LogP contribution >= 0.6 is 0 Å². The molecule has 0 aliphatic carbocycles. The number of benzene rings is 2. The van der Waals surface area contributed by atoms with Crippen LogP contribution in [0.2, 0.25) is 0 Å². The van der Waals surface area contributed by atoms with Crippen LogP contribution in [0.25, 0.3) is 11.0 Å². The van der Waals surface area contributed by atoms with Crippen molar-refractivity contribution in [3.63, 3.8) is 0 Å². The predicted molar refractivity (Wildman–Crippen MR) is 113 cm³/mol. The lowest BCUT2D eigenvalue weighted by Gasteiger charge is -2.19. The van der Waals surface area contributed by atoms with E-state index in [0.717, 1.165) is 35.2 Å². The van der Waals surface area contributed by atoms with Gasteiger partial charge in [0.05, 0.1) is 11.2 Å². The van der Waals surface area contributed by atoms with E-state index in [1.54, 1.807) is 12.1 Å². The van der Waals surface area contributed by atoms with Gasteiger partial charge >= 0.3 is 0 Å². The fourth-order valence-corrected chi connectivity index (χ4v) is 3.04. The molecule has 0 bridgehead atoms. The number of nitrogens with zero attached hydrogens (tertiary/aromatic N) is 5. The summed E-state index contributed by atoms with van der Waals surface area (Å²) in [6.07, 6.45) is 0. The highest BCUT2D eigenvalue weighted by molar-refractivity contribution is 5.99. The first-order chi connectivity index (χ1) is 14.0. The van der Waals surface area contributed by atoms with Crippen LogP contribution in [0.1, 0.15) is 31.9 Å². The van der Waals surface area contributed by atoms with Crippen LogP contribution in [0, 0.1) is 0 Å². The van der Waals surface area contributed by atoms with E-state index in [-0.39, 0.29) is 18.2 Å². The lowest BCUT2D eigenvalue weighted by Crippen LogP contribution is -2.25. The zero-order valence-electron chi connectivity index (χ0n) is 17.0. The van der Waals surface area contributed by atoms with Crippen LogP contribution in [0.3, 0.4) is 0 Å². The number of fused-ring (bicyclic) bond motifs is 1. The number of carbonyl (C=O) groups is 1. The first-order valence-electron chi connectivity index (χ1n) is 9.67. The van der Waals surface area contributed by atoms with Crippen LogP contribution in [0.15, 0.2) is 47.6 Å². The second kappa shape index (κ2) is 9.29. The SMILES string of the molecule is CCN(CC)Cc1cc(/C(C)=N/NC(=O)Cn2nnc3ccccc32)ccc1O. The topological polar surface area (TPSA) is 95.6 Å². The molecule has 1 heterocycles. The summed E-state index contributed by atoms with van der Waals surface area (Å²) in [7, 11) is 0. The third-order valence-electron chi connectivity index (χ3n) is 4.85. The van der Waals surface area contributed by atoms with Crippen molar-refractivity contribution in [1.82, 2.24) is 25.3 Å². The van der Waals surface area contributed by atoms with Gasteiger partial charge in [0.1, 0.15) is 17.8 Å². The van der Waals surface area contributed by atoms with Crippen LogP contribution < -0.4 is 5.43 Å². The molecule has 2 aromatic carbocycles. The van der Waals surface area contributed by atoms with Gasteiger partial charge in [-0.2, -0.15) is 5.10 Å². The molecule has 0 fully saturated rings. The standard InChI is InChI=1S/C21H26N6O2/c1-4-26(5-2)13-17-12-16(10-11-20(17)28)15(3)22-24-21(29)14-27-19-9-7-6-8-18(19)23-25-27/h6-12,28H,4-5,13-14H2,1-3H3,(H,24,29)/b22-15+. The highest BCUT2D eigenvalue weighted by atomic mass is 16.3. The number of nitrogens with one attached hydrogen (secondary N) is 1. The lowest BCUT2D eigenvalue weighted by atomic mass is 10.1. The Morgan fingerprint density at radius 2 is 1.97 bits per heavy atom. The van der Waals surface area contributed by atoms with E-state index >= 15 is 0 Å². The van der Waals surface area contributed by atoms with Gasteiger partial charge in [-0.15, -0.1) is 5.10 Å². The van der Waals surface area contributed by atoms with Crippen molar-refractivity contribution in [2.75, 3.05) is 13.1 Å². The summed E-state index contributed by atoms with van der Waals surface area (Å²) in [6, 6.07) is 12.8. The van der Waals surface area contributed by atoms with Gasteiger partial charge in [0.2, 0.25) is 0 Å². The van der Waals surface area contributed by atoms with Crippen molar-refractivity contribution in [2.45, 2.75) is 33.9 Å². The lowest BCUT2D eigenvalue weighted by molar-refractivity contribution is -0.121. The molecule has 0 aliphatic heterocycles. The Labute approximate surface area is 169 Å². The Morgan fingerprint density at radius 3 is 2.72 bits per heavy atom. The molecule has 0 saturated carbocycles. The molecule has 2 N–H and O–H groups in total. The predicted octanol–water partition coefficient (Wildman–Crippen LogP) is 2.52. The molecule has 8 heteroatoms. The first kappa shape index (κ1) is 20.5. The van der Waals surface area contributed by atoms with Crippen molar-refractivity contribution >= 4 is 22.7 Å². The zero-order valence-corrected chi connectivity index (χ0v) is 17.0. The summed E-state index contributed by atoms with van der Waals surface area (Å²) in [5, 5.41) is 22.4. The normalized spacial score (nSPS) is 11.9. The fraction of sp³-hybridized carbons (Fsp3) is 0.333. The van der Waals surface area contributed by atoms with Crippen molar-refractivity contribution in [3.8, 4) is 5.75 Å². The number of rotatable bonds is 8. The summed E-state index contributed by atoms with van der Waals surface area (Å²) >= 11 is 0. The number of phenolic OH excluding ortho intramolecular Hbond substituents is 1. The van der Waals surface area contributed by atoms with Crippen LogP contribution in [-0.2, 0) is 17.9 Å². The monoisotopic (exact) mass is 394 g/mol. The van der Waals surface area contributed by atoms with Gasteiger partial charge in [-0.3, -0.25) is 9.69 Å². The molecule has 0 spiro atoms. The van der Waals surface area contributed by atoms with E-state index in [1.165, 1.54) is 4.68 Å². The maximum atomic E-state index is 12.3. The number of para-hydroxylation sites is 1. The van der Waals surface area contributed by atoms with Gasteiger partial charge < -0.3 is 5.11 Å². The van der Waals surface area contributed by atoms with E-state index in [0.29, 0.717) is 12.3 Å². The molecular formula is C21H26N6O2. The summed E-state index contributed by atoms with van der Waals surface area (Å²) < 4.78 is 1.54. The highest BCUT2D eigenvalue weighted by Gasteiger charge is 2.10. The maximum Gasteiger partial charge on any atom is 0.261 e. The highest BCUT2D eigenvalue weighted by Crippen LogP contribution is 2.21. The van der Waals surface area contributed by atoms with Gasteiger partial charge in [-0.05, 0) is 55.9 Å². The van der Waals surface area contributed by atoms with Crippen LogP contribution in [0.5, 0.6) is 5.75 Å². The molecule has 1 amide bonds. The van der Waals surface area contributed by atoms with E-state index in [9.17, 15) is 9.90 Å². The Morgan fingerprint density at radius 1 is 1.21 bits per heavy atom. The number of aromatic nitrogens is 3. The number of carbonyl (C=O) groups excluding carboxylic acids is 1. The number of amides is 1. The maximum absolute atomic E-state index is 12.3. The minimum atomic E-state index is -0.290. The smallest absolute Gasteiger partial charge is 0.261 e. The van der Waals surface area contributed by atoms with Crippen LogP contribution in [-0.4, -0.2) is 49.7 Å². The van der Waals surface area contributed by atoms with Gasteiger partial charge in [-0.25, -0.2) is 10.1 Å². The van der Waals surface area contributed by atoms with E-state index in [1.807, 2.05) is 37.3 Å². The molecule has 8 nitrogen and oxygen atoms in total. The van der Waals surface area contributed by atoms with Gasteiger partial charge in [0, 0.05) is 12.1 Å². The largest absolute Gasteiger partial charge is 0.508 e. The van der Waals surface area contributed by atoms with E-state index in [2.05, 4.69) is 39.6 Å². The molecule has 0 unspecified atom stereocenters. The van der Waals surface area contributed by atoms with E-state index < -0.39 is 0 Å². The fourth-order valence-electron chi connectivity index (χ4n) is 3.04. The first-order valence-corrected chi connectivity index (χ1v) is 9.67. The Hall–Kier alpha value is -3.26. The molecular weight excluding hydrogens is 368 g/mol. The summed E-state index contributed by atoms with van der Waals surface area (Å²) in [4.78, 5) is 14.5. The van der Waals surface area contributed by atoms with Gasteiger partial charge in [0.15, 0.2) is 0 Å². The minimum Gasteiger partial charge on any atom is -0.508 e. The molecule has 0 aliphatic rings. The van der Waals surface area contributed by atoms with Crippen molar-refractivity contribution < 1.29 is 9.90 Å². The summed E-state index contributed by atoms with van der Waals surface area (Å²) in [6.45, 7) is 8.49. The Kier molecular flexibility index (Phi) is 6.56. The number of phenols is 1.